The van der Waals surface area contributed by atoms with Crippen molar-refractivity contribution in [3.8, 4) is 5.75 Å². The zero-order chi connectivity index (χ0) is 44.8. The molecule has 0 aromatic heterocycles. The van der Waals surface area contributed by atoms with Gasteiger partial charge in [0.1, 0.15) is 11.8 Å². The predicted molar refractivity (Wildman–Crippen MR) is 257 cm³/mol. The normalized spacial score (nSPS) is 12.1. The van der Waals surface area contributed by atoms with E-state index in [1.54, 1.807) is 0 Å². The highest BCUT2D eigenvalue weighted by molar-refractivity contribution is 5.69. The molecule has 0 radical (unpaired) electrons. The monoisotopic (exact) mass is 861 g/mol. The van der Waals surface area contributed by atoms with Gasteiger partial charge in [-0.3, -0.25) is 19.2 Å². The molecular weight excluding hydrogens is 765 g/mol. The van der Waals surface area contributed by atoms with Crippen LogP contribution in [0, 0.1) is 0 Å². The van der Waals surface area contributed by atoms with Crippen molar-refractivity contribution in [2.45, 2.75) is 258 Å². The second-order valence-electron chi connectivity index (χ2n) is 18.4. The molecule has 1 rings (SSSR count). The molecule has 1 atom stereocenters. The Morgan fingerprint density at radius 3 is 1.41 bits per heavy atom. The number of esters is 2. The summed E-state index contributed by atoms with van der Waals surface area (Å²) in [5.41, 5.74) is -0.495. The number of hydrogen-bond acceptors (Lipinski definition) is 9. The van der Waals surface area contributed by atoms with Crippen molar-refractivity contribution in [3.05, 3.63) is 20.4 Å². The lowest BCUT2D eigenvalue weighted by Crippen LogP contribution is -2.42. The van der Waals surface area contributed by atoms with E-state index in [0.29, 0.717) is 50.9 Å². The molecular formula is C52H96N2O7. The fraction of sp³-hybridized carbons (Fsp3) is 0.885. The van der Waals surface area contributed by atoms with Crippen LogP contribution in [0.4, 0.5) is 5.69 Å². The molecule has 356 valence electrons. The molecule has 0 N–H and O–H groups in total. The van der Waals surface area contributed by atoms with Gasteiger partial charge < -0.3 is 24.0 Å². The summed E-state index contributed by atoms with van der Waals surface area (Å²) < 4.78 is 17.5. The molecule has 0 bridgehead atoms. The second kappa shape index (κ2) is 39.2. The van der Waals surface area contributed by atoms with Crippen molar-refractivity contribution in [3.63, 3.8) is 0 Å². The Hall–Kier alpha value is -2.42. The number of carbonyl (C=O) groups excluding carboxylic acids is 2. The molecule has 9 nitrogen and oxygen atoms in total. The number of nitrogens with zero attached hydrogens (tertiary/aromatic N) is 2. The topological polar surface area (TPSA) is 102 Å². The highest BCUT2D eigenvalue weighted by Gasteiger charge is 2.27. The lowest BCUT2D eigenvalue weighted by atomic mass is 10.0. The largest absolute Gasteiger partial charge is 0.487 e. The third-order valence-corrected chi connectivity index (χ3v) is 12.5. The summed E-state index contributed by atoms with van der Waals surface area (Å²) in [5, 5.41) is 0. The minimum Gasteiger partial charge on any atom is -0.487 e. The summed E-state index contributed by atoms with van der Waals surface area (Å²) in [4.78, 5) is 54.9. The molecule has 9 heteroatoms. The quantitative estimate of drug-likeness (QED) is 0.0360. The number of ether oxygens (including phenoxy) is 3. The minimum absolute atomic E-state index is 0.0421. The number of rotatable bonds is 45. The molecule has 1 aromatic rings. The van der Waals surface area contributed by atoms with E-state index in [4.69, 9.17) is 14.2 Å². The van der Waals surface area contributed by atoms with E-state index in [9.17, 15) is 19.2 Å². The molecule has 0 amide bonds. The van der Waals surface area contributed by atoms with Crippen molar-refractivity contribution >= 4 is 17.6 Å². The summed E-state index contributed by atoms with van der Waals surface area (Å²) in [6.07, 6.45) is 36.7. The van der Waals surface area contributed by atoms with Crippen LogP contribution in [-0.2, 0) is 19.1 Å². The van der Waals surface area contributed by atoms with Crippen molar-refractivity contribution in [2.75, 3.05) is 45.3 Å². The lowest BCUT2D eigenvalue weighted by Gasteiger charge is -2.28. The van der Waals surface area contributed by atoms with Gasteiger partial charge in [0.15, 0.2) is 5.75 Å². The molecule has 1 unspecified atom stereocenters. The van der Waals surface area contributed by atoms with E-state index >= 15 is 0 Å². The number of hydrogen-bond donors (Lipinski definition) is 0. The summed E-state index contributed by atoms with van der Waals surface area (Å²) in [6, 6.07) is 0.302. The highest BCUT2D eigenvalue weighted by atomic mass is 16.5. The minimum atomic E-state index is -0.510. The van der Waals surface area contributed by atoms with Crippen LogP contribution in [0.1, 0.15) is 246 Å². The summed E-state index contributed by atoms with van der Waals surface area (Å²) in [7, 11) is 4.05. The van der Waals surface area contributed by atoms with Gasteiger partial charge in [0, 0.05) is 32.0 Å². The Morgan fingerprint density at radius 2 is 0.918 bits per heavy atom. The van der Waals surface area contributed by atoms with Gasteiger partial charge in [-0.2, -0.15) is 0 Å². The molecule has 0 saturated heterocycles. The van der Waals surface area contributed by atoms with Crippen LogP contribution in [0.5, 0.6) is 5.75 Å². The maximum atomic E-state index is 12.9. The first kappa shape index (κ1) is 56.6. The van der Waals surface area contributed by atoms with Gasteiger partial charge in [-0.25, -0.2) is 0 Å². The standard InChI is InChI=1S/C52H96N2O7/c1-7-10-13-16-19-28-35-43-59-47(55)38-31-24-20-26-33-41-54(49-50(57)51(58)52(49)60-44-40-45(4)53(5)6)42-34-27-21-25-32-39-48(56)61-46(36-29-22-17-14-11-8-2)37-30-23-18-15-12-9-3/h45-46H,7-44H2,1-6H3. The van der Waals surface area contributed by atoms with Gasteiger partial charge in [0.05, 0.1) is 13.2 Å². The average molecular weight is 861 g/mol. The van der Waals surface area contributed by atoms with Crippen LogP contribution in [0.15, 0.2) is 9.59 Å². The van der Waals surface area contributed by atoms with E-state index in [0.717, 1.165) is 109 Å². The first-order chi connectivity index (χ1) is 29.7. The average Bonchev–Trinajstić information content (AvgIpc) is 3.24. The maximum Gasteiger partial charge on any atom is 0.306 e. The molecule has 0 saturated carbocycles. The molecule has 0 heterocycles. The van der Waals surface area contributed by atoms with Gasteiger partial charge in [-0.15, -0.1) is 0 Å². The van der Waals surface area contributed by atoms with Crippen LogP contribution < -0.4 is 20.5 Å². The summed E-state index contributed by atoms with van der Waals surface area (Å²) >= 11 is 0. The van der Waals surface area contributed by atoms with Gasteiger partial charge >= 0.3 is 11.9 Å². The third kappa shape index (κ3) is 29.6. The Labute approximate surface area is 374 Å². The zero-order valence-corrected chi connectivity index (χ0v) is 40.8. The SMILES string of the molecule is CCCCCCCCCOC(=O)CCCCCCCN(CCCCCCCC(=O)OC(CCCCCCCC)CCCCCCCC)c1c(OCCC(C)N(C)C)c(=O)c1=O. The smallest absolute Gasteiger partial charge is 0.306 e. The zero-order valence-electron chi connectivity index (χ0n) is 40.8. The number of unbranched alkanes of at least 4 members (excludes halogenated alkanes) is 24. The van der Waals surface area contributed by atoms with Gasteiger partial charge in [-0.1, -0.05) is 162 Å². The first-order valence-electron chi connectivity index (χ1n) is 25.9. The number of carbonyl (C=O) groups is 2. The van der Waals surface area contributed by atoms with Gasteiger partial charge in [0.2, 0.25) is 0 Å². The van der Waals surface area contributed by atoms with Gasteiger partial charge in [-0.05, 0) is 85.2 Å². The Bertz CT molecular complexity index is 1240. The fourth-order valence-electron chi connectivity index (χ4n) is 8.04. The molecule has 0 aliphatic rings. The van der Waals surface area contributed by atoms with E-state index in [1.807, 2.05) is 14.1 Å². The molecule has 0 aliphatic heterocycles. The first-order valence-corrected chi connectivity index (χ1v) is 25.9. The Morgan fingerprint density at radius 1 is 0.492 bits per heavy atom. The molecule has 61 heavy (non-hydrogen) atoms. The lowest BCUT2D eigenvalue weighted by molar-refractivity contribution is -0.150. The predicted octanol–water partition coefficient (Wildman–Crippen LogP) is 13.2. The van der Waals surface area contributed by atoms with Gasteiger partial charge in [0.25, 0.3) is 10.9 Å². The summed E-state index contributed by atoms with van der Waals surface area (Å²) in [5.74, 6) is 0.103. The summed E-state index contributed by atoms with van der Waals surface area (Å²) in [6.45, 7) is 11.2. The fourth-order valence-corrected chi connectivity index (χ4v) is 8.04. The third-order valence-electron chi connectivity index (χ3n) is 12.5. The van der Waals surface area contributed by atoms with Crippen LogP contribution in [0.2, 0.25) is 0 Å². The molecule has 0 aliphatic carbocycles. The van der Waals surface area contributed by atoms with Crippen molar-refractivity contribution in [1.82, 2.24) is 4.90 Å². The molecule has 1 aromatic carbocycles. The van der Waals surface area contributed by atoms with Crippen molar-refractivity contribution in [2.24, 2.45) is 0 Å². The van der Waals surface area contributed by atoms with Crippen molar-refractivity contribution < 1.29 is 23.8 Å². The van der Waals surface area contributed by atoms with Crippen LogP contribution in [0.25, 0.3) is 0 Å². The highest BCUT2D eigenvalue weighted by Crippen LogP contribution is 2.25. The van der Waals surface area contributed by atoms with Crippen LogP contribution in [-0.4, -0.2) is 69.4 Å². The number of anilines is 1. The molecule has 0 spiro atoms. The second-order valence-corrected chi connectivity index (χ2v) is 18.4. The molecule has 0 fully saturated rings. The van der Waals surface area contributed by atoms with Crippen molar-refractivity contribution in [1.29, 1.82) is 0 Å². The van der Waals surface area contributed by atoms with Crippen LogP contribution in [0.3, 0.4) is 0 Å². The van der Waals surface area contributed by atoms with E-state index in [1.165, 1.54) is 96.3 Å². The van der Waals surface area contributed by atoms with E-state index in [2.05, 4.69) is 37.5 Å². The maximum absolute atomic E-state index is 12.9. The Balaban J connectivity index is 2.53. The van der Waals surface area contributed by atoms with E-state index < -0.39 is 10.9 Å². The van der Waals surface area contributed by atoms with Crippen LogP contribution >= 0.6 is 0 Å². The van der Waals surface area contributed by atoms with E-state index in [-0.39, 0.29) is 23.8 Å². The Kier molecular flexibility index (Phi) is 36.4.